The SMILES string of the molecule is CN(C1CCCCC1)S(=O)(=O)c1ccc2c(c1)N(CC(=O)NC1CCCCCC1)C(=O)CS2. The highest BCUT2D eigenvalue weighted by Crippen LogP contribution is 2.38. The molecule has 3 aliphatic rings. The number of thioether (sulfide) groups is 1. The van der Waals surface area contributed by atoms with Gasteiger partial charge in [0.1, 0.15) is 6.54 Å². The number of nitrogens with zero attached hydrogens (tertiary/aromatic N) is 2. The molecule has 7 nitrogen and oxygen atoms in total. The molecule has 0 radical (unpaired) electrons. The van der Waals surface area contributed by atoms with Crippen molar-refractivity contribution in [1.82, 2.24) is 9.62 Å². The van der Waals surface area contributed by atoms with Crippen molar-refractivity contribution in [3.05, 3.63) is 18.2 Å². The molecule has 182 valence electrons. The van der Waals surface area contributed by atoms with Crippen molar-refractivity contribution >= 4 is 39.3 Å². The third kappa shape index (κ3) is 5.74. The number of nitrogens with one attached hydrogen (secondary N) is 1. The minimum atomic E-state index is -3.68. The summed E-state index contributed by atoms with van der Waals surface area (Å²) >= 11 is 1.39. The highest BCUT2D eigenvalue weighted by Gasteiger charge is 2.32. The molecule has 2 amide bonds. The van der Waals surface area contributed by atoms with Gasteiger partial charge < -0.3 is 10.2 Å². The molecule has 0 bridgehead atoms. The molecule has 1 N–H and O–H groups in total. The molecule has 0 aromatic heterocycles. The molecule has 2 saturated carbocycles. The molecule has 1 aliphatic heterocycles. The number of carbonyl (C=O) groups excluding carboxylic acids is 2. The van der Waals surface area contributed by atoms with Crippen molar-refractivity contribution in [2.24, 2.45) is 0 Å². The van der Waals surface area contributed by atoms with Gasteiger partial charge in [0.05, 0.1) is 16.3 Å². The predicted octanol–water partition coefficient (Wildman–Crippen LogP) is 3.92. The van der Waals surface area contributed by atoms with Crippen molar-refractivity contribution in [2.75, 3.05) is 24.2 Å². The Balaban J connectivity index is 1.53. The van der Waals surface area contributed by atoms with Gasteiger partial charge in [-0.3, -0.25) is 9.59 Å². The fourth-order valence-corrected chi connectivity index (χ4v) is 7.52. The van der Waals surface area contributed by atoms with Crippen LogP contribution < -0.4 is 10.2 Å². The van der Waals surface area contributed by atoms with Crippen molar-refractivity contribution in [3.8, 4) is 0 Å². The second-order valence-corrected chi connectivity index (χ2v) is 12.5. The molecule has 1 heterocycles. The van der Waals surface area contributed by atoms with E-state index in [4.69, 9.17) is 0 Å². The van der Waals surface area contributed by atoms with Crippen LogP contribution in [0.25, 0.3) is 0 Å². The van der Waals surface area contributed by atoms with Crippen LogP contribution in [0, 0.1) is 0 Å². The monoisotopic (exact) mass is 493 g/mol. The third-order valence-corrected chi connectivity index (χ3v) is 10.1. The van der Waals surface area contributed by atoms with Gasteiger partial charge in [0.25, 0.3) is 0 Å². The van der Waals surface area contributed by atoms with Gasteiger partial charge in [-0.05, 0) is 43.9 Å². The van der Waals surface area contributed by atoms with Crippen LogP contribution in [0.4, 0.5) is 5.69 Å². The summed E-state index contributed by atoms with van der Waals surface area (Å²) in [5.74, 6) is -0.1000. The number of sulfonamides is 1. The highest BCUT2D eigenvalue weighted by molar-refractivity contribution is 8.00. The summed E-state index contributed by atoms with van der Waals surface area (Å²) in [4.78, 5) is 28.0. The average Bonchev–Trinajstić information content (AvgIpc) is 3.09. The molecule has 0 spiro atoms. The van der Waals surface area contributed by atoms with Gasteiger partial charge in [-0.2, -0.15) is 4.31 Å². The number of hydrogen-bond donors (Lipinski definition) is 1. The summed E-state index contributed by atoms with van der Waals surface area (Å²) in [6, 6.07) is 5.14. The van der Waals surface area contributed by atoms with Gasteiger partial charge in [-0.15, -0.1) is 11.8 Å². The second kappa shape index (κ2) is 10.8. The van der Waals surface area contributed by atoms with Gasteiger partial charge >= 0.3 is 0 Å². The number of carbonyl (C=O) groups is 2. The highest BCUT2D eigenvalue weighted by atomic mass is 32.2. The Morgan fingerprint density at radius 1 is 1.06 bits per heavy atom. The molecular formula is C24H35N3O4S2. The molecule has 1 aromatic rings. The van der Waals surface area contributed by atoms with Crippen LogP contribution in [-0.2, 0) is 19.6 Å². The van der Waals surface area contributed by atoms with Crippen molar-refractivity contribution < 1.29 is 18.0 Å². The second-order valence-electron chi connectivity index (χ2n) is 9.47. The number of anilines is 1. The van der Waals surface area contributed by atoms with Crippen LogP contribution in [-0.4, -0.2) is 56.0 Å². The predicted molar refractivity (Wildman–Crippen MR) is 131 cm³/mol. The maximum atomic E-state index is 13.4. The first-order valence-corrected chi connectivity index (χ1v) is 14.6. The zero-order valence-electron chi connectivity index (χ0n) is 19.4. The molecule has 9 heteroatoms. The molecule has 1 aromatic carbocycles. The van der Waals surface area contributed by atoms with Gasteiger partial charge in [0, 0.05) is 24.0 Å². The van der Waals surface area contributed by atoms with Gasteiger partial charge in [-0.1, -0.05) is 44.9 Å². The largest absolute Gasteiger partial charge is 0.352 e. The Bertz CT molecular complexity index is 968. The molecule has 0 unspecified atom stereocenters. The van der Waals surface area contributed by atoms with Crippen LogP contribution in [0.3, 0.4) is 0 Å². The van der Waals surface area contributed by atoms with Gasteiger partial charge in [0.15, 0.2) is 0 Å². The number of hydrogen-bond acceptors (Lipinski definition) is 5. The van der Waals surface area contributed by atoms with E-state index in [0.29, 0.717) is 5.69 Å². The number of fused-ring (bicyclic) bond motifs is 1. The molecule has 4 rings (SSSR count). The van der Waals surface area contributed by atoms with Crippen molar-refractivity contribution in [2.45, 2.75) is 92.5 Å². The topological polar surface area (TPSA) is 86.8 Å². The average molecular weight is 494 g/mol. The zero-order valence-corrected chi connectivity index (χ0v) is 21.1. The standard InChI is InChI=1S/C24H35N3O4S2/c1-26(19-11-7-4-8-12-19)33(30,31)20-13-14-22-21(15-20)27(24(29)17-32-22)16-23(28)25-18-9-5-2-3-6-10-18/h13-15,18-19H,2-12,16-17H2,1H3,(H,25,28). The normalized spacial score (nSPS) is 21.0. The van der Waals surface area contributed by atoms with Gasteiger partial charge in [-0.25, -0.2) is 8.42 Å². The minimum Gasteiger partial charge on any atom is -0.352 e. The molecule has 0 atom stereocenters. The van der Waals surface area contributed by atoms with Crippen molar-refractivity contribution in [3.63, 3.8) is 0 Å². The summed E-state index contributed by atoms with van der Waals surface area (Å²) in [6.07, 6.45) is 11.6. The number of rotatable bonds is 6. The Kier molecular flexibility index (Phi) is 8.02. The van der Waals surface area contributed by atoms with E-state index >= 15 is 0 Å². The number of benzene rings is 1. The quantitative estimate of drug-likeness (QED) is 0.607. The summed E-state index contributed by atoms with van der Waals surface area (Å²) in [5.41, 5.74) is 0.519. The van der Waals surface area contributed by atoms with Crippen LogP contribution in [0.5, 0.6) is 0 Å². The zero-order chi connectivity index (χ0) is 23.4. The maximum absolute atomic E-state index is 13.4. The van der Waals surface area contributed by atoms with E-state index in [-0.39, 0.29) is 41.1 Å². The van der Waals surface area contributed by atoms with Crippen LogP contribution in [0.15, 0.2) is 28.0 Å². The smallest absolute Gasteiger partial charge is 0.243 e. The van der Waals surface area contributed by atoms with E-state index in [1.165, 1.54) is 33.8 Å². The minimum absolute atomic E-state index is 0.0113. The number of amides is 2. The lowest BCUT2D eigenvalue weighted by atomic mass is 9.96. The Labute approximate surface area is 201 Å². The molecule has 2 fully saturated rings. The van der Waals surface area contributed by atoms with E-state index in [2.05, 4.69) is 5.32 Å². The lowest BCUT2D eigenvalue weighted by Crippen LogP contribution is -2.46. The van der Waals surface area contributed by atoms with E-state index in [1.807, 2.05) is 0 Å². The first kappa shape index (κ1) is 24.5. The first-order chi connectivity index (χ1) is 15.9. The Hall–Kier alpha value is -1.58. The molecular weight excluding hydrogens is 458 g/mol. The first-order valence-electron chi connectivity index (χ1n) is 12.2. The molecule has 33 heavy (non-hydrogen) atoms. The van der Waals surface area contributed by atoms with E-state index in [1.54, 1.807) is 25.2 Å². The third-order valence-electron chi connectivity index (χ3n) is 7.16. The lowest BCUT2D eigenvalue weighted by molar-refractivity contribution is -0.123. The lowest BCUT2D eigenvalue weighted by Gasteiger charge is -2.32. The summed E-state index contributed by atoms with van der Waals surface area (Å²) in [7, 11) is -2.03. The van der Waals surface area contributed by atoms with Crippen LogP contribution in [0.1, 0.15) is 70.6 Å². The summed E-state index contributed by atoms with van der Waals surface area (Å²) < 4.78 is 28.2. The summed E-state index contributed by atoms with van der Waals surface area (Å²) in [6.45, 7) is -0.0785. The maximum Gasteiger partial charge on any atom is 0.243 e. The van der Waals surface area contributed by atoms with E-state index in [9.17, 15) is 18.0 Å². The Morgan fingerprint density at radius 3 is 2.39 bits per heavy atom. The van der Waals surface area contributed by atoms with Crippen LogP contribution in [0.2, 0.25) is 0 Å². The summed E-state index contributed by atoms with van der Waals surface area (Å²) in [5, 5.41) is 3.10. The van der Waals surface area contributed by atoms with E-state index in [0.717, 1.165) is 62.7 Å². The Morgan fingerprint density at radius 2 is 1.70 bits per heavy atom. The molecule has 2 aliphatic carbocycles. The van der Waals surface area contributed by atoms with Gasteiger partial charge in [0.2, 0.25) is 21.8 Å². The fraction of sp³-hybridized carbons (Fsp3) is 0.667. The molecule has 0 saturated heterocycles. The van der Waals surface area contributed by atoms with Crippen molar-refractivity contribution in [1.29, 1.82) is 0 Å². The van der Waals surface area contributed by atoms with Crippen LogP contribution >= 0.6 is 11.8 Å². The van der Waals surface area contributed by atoms with E-state index < -0.39 is 10.0 Å². The fourth-order valence-electron chi connectivity index (χ4n) is 5.16.